The molecule has 9 heteroatoms. The first kappa shape index (κ1) is 25.1. The van der Waals surface area contributed by atoms with Crippen molar-refractivity contribution in [2.75, 3.05) is 33.9 Å². The molecule has 0 aliphatic carbocycles. The summed E-state index contributed by atoms with van der Waals surface area (Å²) in [6, 6.07) is 7.82. The Hall–Kier alpha value is -2.49. The first-order valence-corrected chi connectivity index (χ1v) is 11.6. The molecule has 0 fully saturated rings. The average Bonchev–Trinajstić information content (AvgIpc) is 3.26. The lowest BCUT2D eigenvalue weighted by atomic mass is 10.0. The molecule has 3 atom stereocenters. The Morgan fingerprint density at radius 1 is 1.33 bits per heavy atom. The molecule has 3 rings (SSSR count). The number of carbonyl (C=O) groups is 1. The molecule has 0 saturated carbocycles. The number of aliphatic hydroxyl groups is 1. The number of methoxy groups -OCH3 is 1. The van der Waals surface area contributed by atoms with Crippen LogP contribution >= 0.6 is 0 Å². The monoisotopic (exact) mass is 459 g/mol. The van der Waals surface area contributed by atoms with E-state index >= 15 is 0 Å². The van der Waals surface area contributed by atoms with E-state index in [4.69, 9.17) is 9.47 Å². The minimum atomic E-state index is -0.234. The van der Waals surface area contributed by atoms with Crippen LogP contribution in [0.2, 0.25) is 0 Å². The summed E-state index contributed by atoms with van der Waals surface area (Å²) in [5, 5.41) is 17.9. The molecule has 1 aromatic heterocycles. The van der Waals surface area contributed by atoms with E-state index in [9.17, 15) is 9.90 Å². The Labute approximate surface area is 196 Å². The minimum Gasteiger partial charge on any atom is -0.497 e. The molecule has 1 amide bonds. The van der Waals surface area contributed by atoms with E-state index in [0.717, 1.165) is 18.0 Å². The van der Waals surface area contributed by atoms with Crippen LogP contribution < -0.4 is 4.74 Å². The number of ether oxygens (including phenoxy) is 2. The van der Waals surface area contributed by atoms with E-state index in [1.807, 2.05) is 23.7 Å². The molecule has 1 N–H and O–H groups in total. The predicted octanol–water partition coefficient (Wildman–Crippen LogP) is 1.94. The molecular weight excluding hydrogens is 422 g/mol. The Balaban J connectivity index is 1.75. The lowest BCUT2D eigenvalue weighted by Gasteiger charge is -2.35. The molecule has 9 nitrogen and oxygen atoms in total. The van der Waals surface area contributed by atoms with Gasteiger partial charge in [0.1, 0.15) is 5.75 Å². The summed E-state index contributed by atoms with van der Waals surface area (Å²) >= 11 is 0. The van der Waals surface area contributed by atoms with Crippen molar-refractivity contribution in [3.8, 4) is 5.75 Å². The van der Waals surface area contributed by atoms with Gasteiger partial charge in [0.25, 0.3) is 0 Å². The zero-order valence-corrected chi connectivity index (χ0v) is 20.2. The molecule has 0 saturated heterocycles. The van der Waals surface area contributed by atoms with Gasteiger partial charge in [-0.1, -0.05) is 24.3 Å². The van der Waals surface area contributed by atoms with Crippen molar-refractivity contribution in [2.45, 2.75) is 58.5 Å². The number of aromatic nitrogens is 3. The highest BCUT2D eigenvalue weighted by molar-refractivity contribution is 5.76. The SMILES string of the molecule is COc1ccc(CN(C)C[C@H]2OCc3cnnn3CCCC(=O)N([C@@H](C)CO)C[C@H]2C)cc1. The van der Waals surface area contributed by atoms with Gasteiger partial charge in [-0.3, -0.25) is 9.69 Å². The molecule has 182 valence electrons. The number of benzene rings is 1. The summed E-state index contributed by atoms with van der Waals surface area (Å²) < 4.78 is 13.5. The van der Waals surface area contributed by atoms with Gasteiger partial charge in [-0.25, -0.2) is 4.68 Å². The Morgan fingerprint density at radius 2 is 2.09 bits per heavy atom. The van der Waals surface area contributed by atoms with Gasteiger partial charge >= 0.3 is 0 Å². The van der Waals surface area contributed by atoms with Crippen molar-refractivity contribution >= 4 is 5.91 Å². The van der Waals surface area contributed by atoms with Crippen molar-refractivity contribution in [1.29, 1.82) is 0 Å². The summed E-state index contributed by atoms with van der Waals surface area (Å²) in [4.78, 5) is 17.0. The summed E-state index contributed by atoms with van der Waals surface area (Å²) in [7, 11) is 3.73. The molecule has 0 unspecified atom stereocenters. The third-order valence-electron chi connectivity index (χ3n) is 6.24. The second-order valence-corrected chi connectivity index (χ2v) is 9.00. The van der Waals surface area contributed by atoms with Gasteiger partial charge in [0.2, 0.25) is 5.91 Å². The molecule has 2 aromatic rings. The van der Waals surface area contributed by atoms with Crippen molar-refractivity contribution in [3.05, 3.63) is 41.7 Å². The zero-order valence-electron chi connectivity index (χ0n) is 20.2. The van der Waals surface area contributed by atoms with Crippen LogP contribution in [0.25, 0.3) is 0 Å². The lowest BCUT2D eigenvalue weighted by molar-refractivity contribution is -0.136. The molecule has 33 heavy (non-hydrogen) atoms. The summed E-state index contributed by atoms with van der Waals surface area (Å²) in [5.74, 6) is 0.964. The molecular formula is C24H37N5O4. The zero-order chi connectivity index (χ0) is 23.8. The molecule has 1 aliphatic heterocycles. The predicted molar refractivity (Wildman–Crippen MR) is 125 cm³/mol. The maximum Gasteiger partial charge on any atom is 0.222 e. The van der Waals surface area contributed by atoms with Crippen molar-refractivity contribution < 1.29 is 19.4 Å². The lowest BCUT2D eigenvalue weighted by Crippen LogP contribution is -2.47. The van der Waals surface area contributed by atoms with Crippen molar-refractivity contribution in [2.24, 2.45) is 5.92 Å². The van der Waals surface area contributed by atoms with Gasteiger partial charge in [-0.15, -0.1) is 5.10 Å². The van der Waals surface area contributed by atoms with E-state index in [0.29, 0.717) is 39.1 Å². The fourth-order valence-electron chi connectivity index (χ4n) is 4.16. The quantitative estimate of drug-likeness (QED) is 0.676. The molecule has 0 bridgehead atoms. The fourth-order valence-corrected chi connectivity index (χ4v) is 4.16. The standard InChI is InChI=1S/C24H37N5O4/c1-18-13-28(19(2)16-30)24(31)6-5-11-29-21(12-25-26-29)17-33-23(18)15-27(3)14-20-7-9-22(32-4)10-8-20/h7-10,12,18-19,23,30H,5-6,11,13-17H2,1-4H3/t18-,19+,23-/m1/s1. The van der Waals surface area contributed by atoms with Crippen LogP contribution in [-0.2, 0) is 29.2 Å². The van der Waals surface area contributed by atoms with E-state index in [-0.39, 0.29) is 30.6 Å². The molecule has 2 heterocycles. The largest absolute Gasteiger partial charge is 0.497 e. The van der Waals surface area contributed by atoms with Gasteiger partial charge in [-0.2, -0.15) is 0 Å². The van der Waals surface area contributed by atoms with Gasteiger partial charge < -0.3 is 19.5 Å². The topological polar surface area (TPSA) is 93.0 Å². The first-order chi connectivity index (χ1) is 15.9. The fraction of sp³-hybridized carbons (Fsp3) is 0.625. The number of nitrogens with zero attached hydrogens (tertiary/aromatic N) is 5. The number of amides is 1. The number of rotatable bonds is 7. The second kappa shape index (κ2) is 12.1. The van der Waals surface area contributed by atoms with Crippen LogP contribution in [0.5, 0.6) is 5.75 Å². The van der Waals surface area contributed by atoms with Gasteiger partial charge in [-0.05, 0) is 38.1 Å². The van der Waals surface area contributed by atoms with E-state index < -0.39 is 0 Å². The number of aliphatic hydroxyl groups excluding tert-OH is 1. The smallest absolute Gasteiger partial charge is 0.222 e. The number of carbonyl (C=O) groups excluding carboxylic acids is 1. The summed E-state index contributed by atoms with van der Waals surface area (Å²) in [6.45, 7) is 6.98. The third kappa shape index (κ3) is 6.99. The van der Waals surface area contributed by atoms with E-state index in [2.05, 4.69) is 41.3 Å². The van der Waals surface area contributed by atoms with Gasteiger partial charge in [0, 0.05) is 38.5 Å². The maximum absolute atomic E-state index is 13.0. The van der Waals surface area contributed by atoms with Gasteiger partial charge in [0.05, 0.1) is 44.4 Å². The van der Waals surface area contributed by atoms with Crippen LogP contribution in [0, 0.1) is 5.92 Å². The Morgan fingerprint density at radius 3 is 2.79 bits per heavy atom. The van der Waals surface area contributed by atoms with Crippen LogP contribution in [0.4, 0.5) is 0 Å². The highest BCUT2D eigenvalue weighted by Gasteiger charge is 2.28. The maximum atomic E-state index is 13.0. The second-order valence-electron chi connectivity index (χ2n) is 9.00. The number of aryl methyl sites for hydroxylation is 1. The molecule has 1 aliphatic rings. The molecule has 0 spiro atoms. The third-order valence-corrected chi connectivity index (χ3v) is 6.24. The average molecular weight is 460 g/mol. The number of fused-ring (bicyclic) bond motifs is 1. The molecule has 0 radical (unpaired) electrons. The first-order valence-electron chi connectivity index (χ1n) is 11.6. The highest BCUT2D eigenvalue weighted by atomic mass is 16.5. The number of likely N-dealkylation sites (N-methyl/N-ethyl adjacent to an activating group) is 1. The Bertz CT molecular complexity index is 872. The van der Waals surface area contributed by atoms with Crippen molar-refractivity contribution in [1.82, 2.24) is 24.8 Å². The Kier molecular flexibility index (Phi) is 9.22. The van der Waals surface area contributed by atoms with Crippen LogP contribution in [-0.4, -0.2) is 81.8 Å². The van der Waals surface area contributed by atoms with Crippen molar-refractivity contribution in [3.63, 3.8) is 0 Å². The van der Waals surface area contributed by atoms with E-state index in [1.54, 1.807) is 18.2 Å². The molecule has 1 aromatic carbocycles. The minimum absolute atomic E-state index is 0.0518. The highest BCUT2D eigenvalue weighted by Crippen LogP contribution is 2.19. The normalized spacial score (nSPS) is 21.3. The number of hydrogen-bond donors (Lipinski definition) is 1. The van der Waals surface area contributed by atoms with Crippen LogP contribution in [0.15, 0.2) is 30.5 Å². The van der Waals surface area contributed by atoms with E-state index in [1.165, 1.54) is 5.56 Å². The number of hydrogen-bond acceptors (Lipinski definition) is 7. The summed E-state index contributed by atoms with van der Waals surface area (Å²) in [5.41, 5.74) is 2.10. The van der Waals surface area contributed by atoms with Crippen LogP contribution in [0.3, 0.4) is 0 Å². The van der Waals surface area contributed by atoms with Gasteiger partial charge in [0.15, 0.2) is 0 Å². The summed E-state index contributed by atoms with van der Waals surface area (Å²) in [6.07, 6.45) is 2.71. The van der Waals surface area contributed by atoms with Crippen LogP contribution in [0.1, 0.15) is 37.9 Å².